The van der Waals surface area contributed by atoms with Crippen molar-refractivity contribution >= 4 is 12.4 Å². The van der Waals surface area contributed by atoms with Crippen molar-refractivity contribution in [1.29, 1.82) is 0 Å². The molecule has 8 heteroatoms. The van der Waals surface area contributed by atoms with Gasteiger partial charge in [0.05, 0.1) is 0 Å². The molecule has 2 heterocycles. The molecule has 5 nitrogen and oxygen atoms in total. The van der Waals surface area contributed by atoms with Crippen molar-refractivity contribution in [2.24, 2.45) is 5.41 Å². The van der Waals surface area contributed by atoms with E-state index in [1.165, 1.54) is 6.07 Å². The van der Waals surface area contributed by atoms with Crippen molar-refractivity contribution in [2.45, 2.75) is 26.2 Å². The normalized spacial score (nSPS) is 21.2. The van der Waals surface area contributed by atoms with Gasteiger partial charge in [-0.05, 0) is 6.07 Å². The largest absolute Gasteiger partial charge is 0.586 e. The molecule has 3 rings (SSSR count). The summed E-state index contributed by atoms with van der Waals surface area (Å²) in [5.41, 5.74) is 0.105. The summed E-state index contributed by atoms with van der Waals surface area (Å²) >= 11 is 0. The molecule has 0 saturated carbocycles. The molecule has 0 bridgehead atoms. The molecule has 1 aromatic rings. The van der Waals surface area contributed by atoms with Gasteiger partial charge in [-0.2, -0.15) is 0 Å². The van der Waals surface area contributed by atoms with Crippen LogP contribution in [-0.2, 0) is 0 Å². The van der Waals surface area contributed by atoms with E-state index in [0.29, 0.717) is 5.56 Å². The first kappa shape index (κ1) is 19.2. The van der Waals surface area contributed by atoms with Crippen molar-refractivity contribution in [2.75, 3.05) is 32.8 Å². The molecule has 0 unspecified atom stereocenters. The summed E-state index contributed by atoms with van der Waals surface area (Å²) < 4.78 is 36.3. The fourth-order valence-corrected chi connectivity index (χ4v) is 3.34. The van der Waals surface area contributed by atoms with Crippen LogP contribution in [0.3, 0.4) is 0 Å². The maximum absolute atomic E-state index is 13.5. The summed E-state index contributed by atoms with van der Waals surface area (Å²) in [5.74, 6) is 0.115. The number of halogens is 3. The zero-order valence-electron chi connectivity index (χ0n) is 13.7. The van der Waals surface area contributed by atoms with E-state index in [-0.39, 0.29) is 36.6 Å². The van der Waals surface area contributed by atoms with Crippen molar-refractivity contribution in [3.8, 4) is 11.5 Å². The smallest absolute Gasteiger partial charge is 0.396 e. The highest BCUT2D eigenvalue weighted by Crippen LogP contribution is 2.50. The molecular weight excluding hydrogens is 342 g/mol. The summed E-state index contributed by atoms with van der Waals surface area (Å²) in [6.07, 6.45) is -3.64. The van der Waals surface area contributed by atoms with Gasteiger partial charge in [0.1, 0.15) is 0 Å². The van der Waals surface area contributed by atoms with Crippen LogP contribution in [0.4, 0.5) is 8.78 Å². The number of aliphatic hydroxyl groups excluding tert-OH is 1. The fraction of sp³-hybridized carbons (Fsp3) is 0.625. The number of para-hydroxylation sites is 1. The Labute approximate surface area is 146 Å². The minimum atomic E-state index is -3.64. The first-order chi connectivity index (χ1) is 10.8. The van der Waals surface area contributed by atoms with E-state index in [1.807, 2.05) is 13.8 Å². The Morgan fingerprint density at radius 1 is 1.29 bits per heavy atom. The van der Waals surface area contributed by atoms with Crippen LogP contribution in [0.25, 0.3) is 0 Å². The molecule has 1 atom stereocenters. The third kappa shape index (κ3) is 3.59. The van der Waals surface area contributed by atoms with Crippen LogP contribution in [0.2, 0.25) is 0 Å². The van der Waals surface area contributed by atoms with Crippen LogP contribution >= 0.6 is 12.4 Å². The van der Waals surface area contributed by atoms with Crippen LogP contribution in [0, 0.1) is 5.41 Å². The van der Waals surface area contributed by atoms with Crippen molar-refractivity contribution in [3.63, 3.8) is 0 Å². The summed E-state index contributed by atoms with van der Waals surface area (Å²) in [6.45, 7) is 6.97. The Bertz CT molecular complexity index is 580. The highest BCUT2D eigenvalue weighted by molar-refractivity contribution is 5.85. The van der Waals surface area contributed by atoms with Gasteiger partial charge in [0.25, 0.3) is 0 Å². The molecule has 0 amide bonds. The summed E-state index contributed by atoms with van der Waals surface area (Å²) in [7, 11) is 0. The number of rotatable bonds is 4. The van der Waals surface area contributed by atoms with Gasteiger partial charge in [0.2, 0.25) is 0 Å². The number of aliphatic hydroxyl groups is 1. The Kier molecular flexibility index (Phi) is 5.59. The SMILES string of the molecule is CC(C)(CO)[C@H](c1cccc2c1OC(F)(F)O2)N1CCNCC1.Cl. The molecule has 2 N–H and O–H groups in total. The second-order valence-electron chi connectivity index (χ2n) is 6.68. The van der Waals surface area contributed by atoms with Crippen LogP contribution in [0.5, 0.6) is 11.5 Å². The van der Waals surface area contributed by atoms with Crippen LogP contribution in [0.1, 0.15) is 25.5 Å². The van der Waals surface area contributed by atoms with E-state index in [4.69, 9.17) is 4.74 Å². The lowest BCUT2D eigenvalue weighted by molar-refractivity contribution is -0.287. The average molecular weight is 365 g/mol. The quantitative estimate of drug-likeness (QED) is 0.859. The topological polar surface area (TPSA) is 54.0 Å². The number of benzene rings is 1. The van der Waals surface area contributed by atoms with E-state index < -0.39 is 11.7 Å². The number of hydrogen-bond acceptors (Lipinski definition) is 5. The number of nitrogens with one attached hydrogen (secondary N) is 1. The van der Waals surface area contributed by atoms with E-state index in [1.54, 1.807) is 12.1 Å². The van der Waals surface area contributed by atoms with E-state index >= 15 is 0 Å². The lowest BCUT2D eigenvalue weighted by Gasteiger charge is -2.43. The summed E-state index contributed by atoms with van der Waals surface area (Å²) in [5, 5.41) is 13.1. The van der Waals surface area contributed by atoms with Crippen LogP contribution < -0.4 is 14.8 Å². The molecule has 0 spiro atoms. The number of nitrogens with zero attached hydrogens (tertiary/aromatic N) is 1. The molecule has 2 aliphatic rings. The van der Waals surface area contributed by atoms with Gasteiger partial charge >= 0.3 is 6.29 Å². The summed E-state index contributed by atoms with van der Waals surface area (Å²) in [4.78, 5) is 2.20. The number of ether oxygens (including phenoxy) is 2. The molecule has 0 aromatic heterocycles. The van der Waals surface area contributed by atoms with Gasteiger partial charge in [-0.15, -0.1) is 21.2 Å². The molecule has 136 valence electrons. The predicted octanol–water partition coefficient (Wildman–Crippen LogP) is 2.39. The van der Waals surface area contributed by atoms with E-state index in [2.05, 4.69) is 15.0 Å². The second-order valence-corrected chi connectivity index (χ2v) is 6.68. The molecule has 1 saturated heterocycles. The monoisotopic (exact) mass is 364 g/mol. The standard InChI is InChI=1S/C16H22F2N2O3.ClH/c1-15(2,10-21)14(20-8-6-19-7-9-20)11-4-3-5-12-13(11)23-16(17,18)22-12;/h3-5,14,19,21H,6-10H2,1-2H3;1H/t14-;/m0./s1. The Hall–Kier alpha value is -1.15. The Morgan fingerprint density at radius 2 is 1.96 bits per heavy atom. The maximum atomic E-state index is 13.5. The second kappa shape index (κ2) is 7.00. The molecule has 1 fully saturated rings. The third-order valence-electron chi connectivity index (χ3n) is 4.42. The van der Waals surface area contributed by atoms with Gasteiger partial charge in [-0.3, -0.25) is 4.90 Å². The van der Waals surface area contributed by atoms with Crippen molar-refractivity contribution < 1.29 is 23.4 Å². The van der Waals surface area contributed by atoms with Crippen LogP contribution in [-0.4, -0.2) is 49.1 Å². The van der Waals surface area contributed by atoms with Gasteiger partial charge in [0.15, 0.2) is 11.5 Å². The summed E-state index contributed by atoms with van der Waals surface area (Å²) in [6, 6.07) is 4.68. The van der Waals surface area contributed by atoms with Gasteiger partial charge in [-0.1, -0.05) is 26.0 Å². The zero-order valence-corrected chi connectivity index (χ0v) is 14.5. The predicted molar refractivity (Wildman–Crippen MR) is 87.9 cm³/mol. The molecule has 0 radical (unpaired) electrons. The minimum absolute atomic E-state index is 0. The Morgan fingerprint density at radius 3 is 2.58 bits per heavy atom. The van der Waals surface area contributed by atoms with Gasteiger partial charge < -0.3 is 19.9 Å². The number of fused-ring (bicyclic) bond motifs is 1. The molecular formula is C16H23ClF2N2O3. The van der Waals surface area contributed by atoms with Gasteiger partial charge in [-0.25, -0.2) is 0 Å². The van der Waals surface area contributed by atoms with E-state index in [0.717, 1.165) is 26.2 Å². The van der Waals surface area contributed by atoms with Crippen molar-refractivity contribution in [1.82, 2.24) is 10.2 Å². The highest BCUT2D eigenvalue weighted by Gasteiger charge is 2.47. The average Bonchev–Trinajstić information content (AvgIpc) is 2.83. The number of alkyl halides is 2. The maximum Gasteiger partial charge on any atom is 0.586 e. The zero-order chi connectivity index (χ0) is 16.7. The number of hydrogen-bond donors (Lipinski definition) is 2. The highest BCUT2D eigenvalue weighted by atomic mass is 35.5. The first-order valence-electron chi connectivity index (χ1n) is 7.78. The van der Waals surface area contributed by atoms with E-state index in [9.17, 15) is 13.9 Å². The minimum Gasteiger partial charge on any atom is -0.396 e. The lowest BCUT2D eigenvalue weighted by atomic mass is 9.79. The van der Waals surface area contributed by atoms with Crippen molar-refractivity contribution in [3.05, 3.63) is 23.8 Å². The molecule has 0 aliphatic carbocycles. The Balaban J connectivity index is 0.00000208. The van der Waals surface area contributed by atoms with Crippen LogP contribution in [0.15, 0.2) is 18.2 Å². The number of piperazine rings is 1. The fourth-order valence-electron chi connectivity index (χ4n) is 3.34. The molecule has 24 heavy (non-hydrogen) atoms. The van der Waals surface area contributed by atoms with Gasteiger partial charge in [0, 0.05) is 49.8 Å². The first-order valence-corrected chi connectivity index (χ1v) is 7.78. The third-order valence-corrected chi connectivity index (χ3v) is 4.42. The molecule has 1 aromatic carbocycles. The lowest BCUT2D eigenvalue weighted by Crippen LogP contribution is -2.49. The molecule has 2 aliphatic heterocycles.